The Morgan fingerprint density at radius 1 is 1.26 bits per heavy atom. The number of amides is 1. The van der Waals surface area contributed by atoms with Gasteiger partial charge in [0, 0.05) is 19.8 Å². The molecule has 1 N–H and O–H groups in total. The molecule has 0 aromatic heterocycles. The highest BCUT2D eigenvalue weighted by molar-refractivity contribution is 6.32. The van der Waals surface area contributed by atoms with Crippen LogP contribution in [0.15, 0.2) is 12.1 Å². The molecule has 1 aliphatic rings. The van der Waals surface area contributed by atoms with Crippen LogP contribution in [0.2, 0.25) is 5.02 Å². The normalized spacial score (nSPS) is 13.0. The summed E-state index contributed by atoms with van der Waals surface area (Å²) in [5.41, 5.74) is 0.816. The molecule has 1 aromatic rings. The summed E-state index contributed by atoms with van der Waals surface area (Å²) >= 11 is 6.16. The quantitative estimate of drug-likeness (QED) is 0.701. The van der Waals surface area contributed by atoms with E-state index in [1.54, 1.807) is 6.07 Å². The summed E-state index contributed by atoms with van der Waals surface area (Å²) < 4.78 is 16.4. The zero-order chi connectivity index (χ0) is 16.5. The Hall–Kier alpha value is -1.46. The van der Waals surface area contributed by atoms with Crippen molar-refractivity contribution in [2.45, 2.75) is 32.6 Å². The lowest BCUT2D eigenvalue weighted by atomic mass is 10.1. The van der Waals surface area contributed by atoms with E-state index in [2.05, 4.69) is 12.2 Å². The zero-order valence-corrected chi connectivity index (χ0v) is 14.3. The molecule has 0 radical (unpaired) electrons. The second-order valence-corrected chi connectivity index (χ2v) is 5.86. The van der Waals surface area contributed by atoms with E-state index in [0.29, 0.717) is 42.9 Å². The van der Waals surface area contributed by atoms with Crippen LogP contribution in [-0.2, 0) is 16.0 Å². The largest absolute Gasteiger partial charge is 0.486 e. The van der Waals surface area contributed by atoms with E-state index >= 15 is 0 Å². The Bertz CT molecular complexity index is 522. The SMILES string of the molecule is CCCCOCCCNC(=O)Cc1cc(Cl)c2c(c1)OCCO2. The first-order chi connectivity index (χ1) is 11.2. The van der Waals surface area contributed by atoms with Crippen molar-refractivity contribution in [3.05, 3.63) is 22.7 Å². The molecule has 2 rings (SSSR count). The van der Waals surface area contributed by atoms with Crippen molar-refractivity contribution < 1.29 is 19.0 Å². The molecular formula is C17H24ClNO4. The molecule has 0 aliphatic carbocycles. The lowest BCUT2D eigenvalue weighted by Gasteiger charge is -2.20. The number of carbonyl (C=O) groups excluding carboxylic acids is 1. The lowest BCUT2D eigenvalue weighted by molar-refractivity contribution is -0.120. The number of halogens is 1. The van der Waals surface area contributed by atoms with Gasteiger partial charge in [0.25, 0.3) is 0 Å². The molecule has 0 fully saturated rings. The summed E-state index contributed by atoms with van der Waals surface area (Å²) in [6.07, 6.45) is 3.30. The van der Waals surface area contributed by atoms with Crippen LogP contribution in [0.3, 0.4) is 0 Å². The fourth-order valence-corrected chi connectivity index (χ4v) is 2.55. The fourth-order valence-electron chi connectivity index (χ4n) is 2.26. The second-order valence-electron chi connectivity index (χ2n) is 5.45. The van der Waals surface area contributed by atoms with E-state index in [4.69, 9.17) is 25.8 Å². The van der Waals surface area contributed by atoms with Crippen LogP contribution < -0.4 is 14.8 Å². The Balaban J connectivity index is 1.72. The molecule has 0 unspecified atom stereocenters. The molecule has 0 saturated carbocycles. The van der Waals surface area contributed by atoms with Gasteiger partial charge >= 0.3 is 0 Å². The molecule has 0 bridgehead atoms. The maximum absolute atomic E-state index is 12.0. The topological polar surface area (TPSA) is 56.8 Å². The Kier molecular flexibility index (Phi) is 7.49. The second kappa shape index (κ2) is 9.63. The number of benzene rings is 1. The van der Waals surface area contributed by atoms with Gasteiger partial charge in [-0.05, 0) is 30.5 Å². The third-order valence-electron chi connectivity index (χ3n) is 3.45. The van der Waals surface area contributed by atoms with Crippen LogP contribution in [0.5, 0.6) is 11.5 Å². The van der Waals surface area contributed by atoms with Gasteiger partial charge in [0.05, 0.1) is 11.4 Å². The van der Waals surface area contributed by atoms with Gasteiger partial charge in [0.1, 0.15) is 13.2 Å². The monoisotopic (exact) mass is 341 g/mol. The Morgan fingerprint density at radius 2 is 2.04 bits per heavy atom. The molecule has 0 spiro atoms. The molecule has 6 heteroatoms. The number of rotatable bonds is 9. The van der Waals surface area contributed by atoms with Crippen LogP contribution in [-0.4, -0.2) is 38.9 Å². The van der Waals surface area contributed by atoms with Crippen LogP contribution in [0.25, 0.3) is 0 Å². The van der Waals surface area contributed by atoms with Gasteiger partial charge in [-0.2, -0.15) is 0 Å². The van der Waals surface area contributed by atoms with E-state index in [1.165, 1.54) is 0 Å². The molecule has 128 valence electrons. The van der Waals surface area contributed by atoms with E-state index in [-0.39, 0.29) is 12.3 Å². The molecule has 0 saturated heterocycles. The molecule has 1 aromatic carbocycles. The number of unbranched alkanes of at least 4 members (excludes halogenated alkanes) is 1. The number of hydrogen-bond donors (Lipinski definition) is 1. The summed E-state index contributed by atoms with van der Waals surface area (Å²) in [5, 5.41) is 3.37. The molecule has 5 nitrogen and oxygen atoms in total. The summed E-state index contributed by atoms with van der Waals surface area (Å²) in [5.74, 6) is 1.13. The van der Waals surface area contributed by atoms with Crippen molar-refractivity contribution in [1.82, 2.24) is 5.32 Å². The van der Waals surface area contributed by atoms with E-state index in [9.17, 15) is 4.79 Å². The van der Waals surface area contributed by atoms with E-state index in [1.807, 2.05) is 6.07 Å². The first kappa shape index (κ1) is 17.9. The molecule has 1 amide bonds. The molecular weight excluding hydrogens is 318 g/mol. The predicted octanol–water partition coefficient (Wildman–Crippen LogP) is 2.98. The van der Waals surface area contributed by atoms with Crippen molar-refractivity contribution in [2.24, 2.45) is 0 Å². The van der Waals surface area contributed by atoms with Crippen LogP contribution in [0.1, 0.15) is 31.7 Å². The maximum Gasteiger partial charge on any atom is 0.224 e. The van der Waals surface area contributed by atoms with Gasteiger partial charge in [-0.25, -0.2) is 0 Å². The van der Waals surface area contributed by atoms with Crippen LogP contribution >= 0.6 is 11.6 Å². The standard InChI is InChI=1S/C17H24ClNO4/c1-2-3-6-21-7-4-5-19-16(20)12-13-10-14(18)17-15(11-13)22-8-9-23-17/h10-11H,2-9,12H2,1H3,(H,19,20). The van der Waals surface area contributed by atoms with Crippen molar-refractivity contribution >= 4 is 17.5 Å². The number of fused-ring (bicyclic) bond motifs is 1. The van der Waals surface area contributed by atoms with Crippen LogP contribution in [0.4, 0.5) is 0 Å². The first-order valence-electron chi connectivity index (χ1n) is 8.13. The van der Waals surface area contributed by atoms with Crippen molar-refractivity contribution in [3.8, 4) is 11.5 Å². The lowest BCUT2D eigenvalue weighted by Crippen LogP contribution is -2.27. The van der Waals surface area contributed by atoms with E-state index < -0.39 is 0 Å². The highest BCUT2D eigenvalue weighted by Gasteiger charge is 2.17. The highest BCUT2D eigenvalue weighted by atomic mass is 35.5. The number of ether oxygens (including phenoxy) is 3. The Labute approximate surface area is 142 Å². The molecule has 0 atom stereocenters. The molecule has 1 heterocycles. The summed E-state index contributed by atoms with van der Waals surface area (Å²) in [4.78, 5) is 12.0. The number of carbonyl (C=O) groups is 1. The summed E-state index contributed by atoms with van der Waals surface area (Å²) in [6.45, 7) is 5.21. The molecule has 1 aliphatic heterocycles. The number of nitrogens with one attached hydrogen (secondary N) is 1. The maximum atomic E-state index is 12.0. The average Bonchev–Trinajstić information content (AvgIpc) is 2.54. The third kappa shape index (κ3) is 5.92. The van der Waals surface area contributed by atoms with Gasteiger partial charge in [0.15, 0.2) is 11.5 Å². The molecule has 23 heavy (non-hydrogen) atoms. The van der Waals surface area contributed by atoms with Gasteiger partial charge < -0.3 is 19.5 Å². The first-order valence-corrected chi connectivity index (χ1v) is 8.51. The minimum atomic E-state index is -0.0358. The van der Waals surface area contributed by atoms with Crippen molar-refractivity contribution in [1.29, 1.82) is 0 Å². The smallest absolute Gasteiger partial charge is 0.224 e. The van der Waals surface area contributed by atoms with Gasteiger partial charge in [0.2, 0.25) is 5.91 Å². The highest BCUT2D eigenvalue weighted by Crippen LogP contribution is 2.38. The fraction of sp³-hybridized carbons (Fsp3) is 0.588. The predicted molar refractivity (Wildman–Crippen MR) is 89.5 cm³/mol. The Morgan fingerprint density at radius 3 is 2.87 bits per heavy atom. The average molecular weight is 342 g/mol. The zero-order valence-electron chi connectivity index (χ0n) is 13.5. The third-order valence-corrected chi connectivity index (χ3v) is 3.73. The van der Waals surface area contributed by atoms with Gasteiger partial charge in [-0.1, -0.05) is 24.9 Å². The van der Waals surface area contributed by atoms with E-state index in [0.717, 1.165) is 31.4 Å². The van der Waals surface area contributed by atoms with Crippen molar-refractivity contribution in [2.75, 3.05) is 33.0 Å². The van der Waals surface area contributed by atoms with Gasteiger partial charge in [-0.15, -0.1) is 0 Å². The van der Waals surface area contributed by atoms with Gasteiger partial charge in [-0.3, -0.25) is 4.79 Å². The minimum Gasteiger partial charge on any atom is -0.486 e. The summed E-state index contributed by atoms with van der Waals surface area (Å²) in [6, 6.07) is 3.57. The summed E-state index contributed by atoms with van der Waals surface area (Å²) in [7, 11) is 0. The van der Waals surface area contributed by atoms with Crippen molar-refractivity contribution in [3.63, 3.8) is 0 Å². The minimum absolute atomic E-state index is 0.0358. The number of hydrogen-bond acceptors (Lipinski definition) is 4. The van der Waals surface area contributed by atoms with Crippen LogP contribution in [0, 0.1) is 0 Å².